The van der Waals surface area contributed by atoms with Crippen LogP contribution in [0.5, 0.6) is 0 Å². The molecule has 2 aromatic rings. The van der Waals surface area contributed by atoms with Crippen LogP contribution in [0, 0.1) is 5.92 Å². The van der Waals surface area contributed by atoms with Gasteiger partial charge in [0, 0.05) is 37.0 Å². The first kappa shape index (κ1) is 17.8. The molecule has 8 nitrogen and oxygen atoms in total. The van der Waals surface area contributed by atoms with Crippen molar-refractivity contribution in [3.63, 3.8) is 0 Å². The van der Waals surface area contributed by atoms with Gasteiger partial charge in [-0.05, 0) is 31.4 Å². The van der Waals surface area contributed by atoms with Gasteiger partial charge in [0.2, 0.25) is 17.6 Å². The second-order valence-corrected chi connectivity index (χ2v) is 10.5. The van der Waals surface area contributed by atoms with Crippen molar-refractivity contribution in [1.82, 2.24) is 20.0 Å². The molecule has 0 aromatic carbocycles. The predicted molar refractivity (Wildman–Crippen MR) is 99.9 cm³/mol. The molecule has 0 radical (unpaired) electrons. The van der Waals surface area contributed by atoms with E-state index in [1.165, 1.54) is 0 Å². The molecule has 1 spiro atoms. The zero-order valence-electron chi connectivity index (χ0n) is 15.5. The van der Waals surface area contributed by atoms with Gasteiger partial charge in [-0.15, -0.1) is 0 Å². The van der Waals surface area contributed by atoms with Crippen molar-refractivity contribution >= 4 is 15.7 Å². The molecular weight excluding hydrogens is 380 g/mol. The Kier molecular flexibility index (Phi) is 4.04. The van der Waals surface area contributed by atoms with E-state index in [1.807, 2.05) is 0 Å². The van der Waals surface area contributed by atoms with Crippen LogP contribution in [0.15, 0.2) is 29.0 Å². The fourth-order valence-corrected chi connectivity index (χ4v) is 7.21. The van der Waals surface area contributed by atoms with E-state index >= 15 is 0 Å². The average Bonchev–Trinajstić information content (AvgIpc) is 3.39. The van der Waals surface area contributed by atoms with Gasteiger partial charge in [0.15, 0.2) is 9.84 Å². The molecule has 148 valence electrons. The largest absolute Gasteiger partial charge is 0.339 e. The lowest BCUT2D eigenvalue weighted by molar-refractivity contribution is -0.141. The number of amides is 1. The van der Waals surface area contributed by atoms with E-state index < -0.39 is 14.6 Å². The van der Waals surface area contributed by atoms with Gasteiger partial charge in [-0.3, -0.25) is 9.78 Å². The molecule has 0 N–H and O–H groups in total. The Morgan fingerprint density at radius 1 is 1.14 bits per heavy atom. The quantitative estimate of drug-likeness (QED) is 0.770. The predicted octanol–water partition coefficient (Wildman–Crippen LogP) is 1.80. The Labute approximate surface area is 163 Å². The molecule has 2 saturated heterocycles. The number of likely N-dealkylation sites (tertiary alicyclic amines) is 1. The SMILES string of the molecule is O=C(C1CCCC1)N1CC2(C1)C(c1nc(-c3ccncc3)no1)CCS2(=O)=O. The maximum Gasteiger partial charge on any atom is 0.231 e. The summed E-state index contributed by atoms with van der Waals surface area (Å²) in [6, 6.07) is 3.56. The van der Waals surface area contributed by atoms with Crippen molar-refractivity contribution in [2.45, 2.75) is 42.8 Å². The minimum absolute atomic E-state index is 0.0570. The average molecular weight is 402 g/mol. The molecule has 1 unspecified atom stereocenters. The van der Waals surface area contributed by atoms with Crippen LogP contribution in [0.25, 0.3) is 11.4 Å². The summed E-state index contributed by atoms with van der Waals surface area (Å²) in [4.78, 5) is 22.9. The zero-order chi connectivity index (χ0) is 19.4. The highest BCUT2D eigenvalue weighted by molar-refractivity contribution is 7.93. The number of pyridine rings is 1. The van der Waals surface area contributed by atoms with Gasteiger partial charge in [0.25, 0.3) is 0 Å². The monoisotopic (exact) mass is 402 g/mol. The number of carbonyl (C=O) groups excluding carboxylic acids is 1. The standard InChI is InChI=1S/C19H22N4O4S/c24-18(14-3-1-2-4-14)23-11-19(12-23)15(7-10-28(19,25)26)17-21-16(22-27-17)13-5-8-20-9-6-13/h5-6,8-9,14-15H,1-4,7,10-12H2. The van der Waals surface area contributed by atoms with Crippen LogP contribution in [0.1, 0.15) is 43.9 Å². The summed E-state index contributed by atoms with van der Waals surface area (Å²) >= 11 is 0. The Bertz CT molecular complexity index is 992. The first-order chi connectivity index (χ1) is 13.5. The fraction of sp³-hybridized carbons (Fsp3) is 0.579. The highest BCUT2D eigenvalue weighted by atomic mass is 32.2. The van der Waals surface area contributed by atoms with E-state index in [2.05, 4.69) is 15.1 Å². The van der Waals surface area contributed by atoms with Crippen LogP contribution in [-0.4, -0.2) is 57.9 Å². The molecule has 1 atom stereocenters. The fourth-order valence-electron chi connectivity index (χ4n) is 4.90. The Hall–Kier alpha value is -2.29. The van der Waals surface area contributed by atoms with Crippen LogP contribution in [0.4, 0.5) is 0 Å². The van der Waals surface area contributed by atoms with Crippen molar-refractivity contribution in [2.75, 3.05) is 18.8 Å². The van der Waals surface area contributed by atoms with Gasteiger partial charge in [-0.25, -0.2) is 8.42 Å². The van der Waals surface area contributed by atoms with Crippen molar-refractivity contribution in [3.05, 3.63) is 30.4 Å². The maximum absolute atomic E-state index is 12.9. The Balaban J connectivity index is 1.40. The summed E-state index contributed by atoms with van der Waals surface area (Å²) < 4.78 is 30.3. The van der Waals surface area contributed by atoms with E-state index in [-0.39, 0.29) is 36.6 Å². The van der Waals surface area contributed by atoms with Crippen LogP contribution < -0.4 is 0 Å². The van der Waals surface area contributed by atoms with Gasteiger partial charge in [0.05, 0.1) is 11.7 Å². The lowest BCUT2D eigenvalue weighted by Gasteiger charge is -2.49. The summed E-state index contributed by atoms with van der Waals surface area (Å²) in [6.45, 7) is 0.477. The number of carbonyl (C=O) groups is 1. The van der Waals surface area contributed by atoms with Gasteiger partial charge < -0.3 is 9.42 Å². The molecule has 3 fully saturated rings. The highest BCUT2D eigenvalue weighted by Gasteiger charge is 2.64. The second kappa shape index (κ2) is 6.37. The van der Waals surface area contributed by atoms with Gasteiger partial charge in [0.1, 0.15) is 4.75 Å². The molecule has 4 heterocycles. The third-order valence-corrected chi connectivity index (χ3v) is 9.10. The molecule has 1 saturated carbocycles. The number of aromatic nitrogens is 3. The molecule has 28 heavy (non-hydrogen) atoms. The van der Waals surface area contributed by atoms with Crippen LogP contribution >= 0.6 is 0 Å². The second-order valence-electron chi connectivity index (χ2n) is 8.09. The number of nitrogens with zero attached hydrogens (tertiary/aromatic N) is 4. The van der Waals surface area contributed by atoms with E-state index in [0.29, 0.717) is 18.1 Å². The summed E-state index contributed by atoms with van der Waals surface area (Å²) in [5.41, 5.74) is 0.770. The number of rotatable bonds is 3. The molecule has 2 aromatic heterocycles. The molecule has 3 aliphatic rings. The first-order valence-corrected chi connectivity index (χ1v) is 11.4. The third kappa shape index (κ3) is 2.59. The molecule has 0 bridgehead atoms. The van der Waals surface area contributed by atoms with Crippen LogP contribution in [0.3, 0.4) is 0 Å². The van der Waals surface area contributed by atoms with Gasteiger partial charge in [-0.2, -0.15) is 4.98 Å². The van der Waals surface area contributed by atoms with E-state index in [9.17, 15) is 13.2 Å². The number of sulfone groups is 1. The van der Waals surface area contributed by atoms with Crippen molar-refractivity contribution in [2.24, 2.45) is 5.92 Å². The lowest BCUT2D eigenvalue weighted by atomic mass is 9.82. The summed E-state index contributed by atoms with van der Waals surface area (Å²) in [5, 5.41) is 4.03. The molecule has 1 aliphatic carbocycles. The summed E-state index contributed by atoms with van der Waals surface area (Å²) in [7, 11) is -3.32. The smallest absolute Gasteiger partial charge is 0.231 e. The van der Waals surface area contributed by atoms with Gasteiger partial charge >= 0.3 is 0 Å². The number of hydrogen-bond donors (Lipinski definition) is 0. The molecule has 5 rings (SSSR count). The Morgan fingerprint density at radius 3 is 2.57 bits per heavy atom. The maximum atomic E-state index is 12.9. The first-order valence-electron chi connectivity index (χ1n) is 9.75. The molecule has 1 amide bonds. The lowest BCUT2D eigenvalue weighted by Crippen LogP contribution is -2.68. The van der Waals surface area contributed by atoms with Crippen molar-refractivity contribution in [3.8, 4) is 11.4 Å². The van der Waals surface area contributed by atoms with Gasteiger partial charge in [-0.1, -0.05) is 18.0 Å². The normalized spacial score (nSPS) is 25.9. The minimum Gasteiger partial charge on any atom is -0.339 e. The van der Waals surface area contributed by atoms with E-state index in [0.717, 1.165) is 31.2 Å². The highest BCUT2D eigenvalue weighted by Crippen LogP contribution is 2.50. The van der Waals surface area contributed by atoms with Crippen molar-refractivity contribution < 1.29 is 17.7 Å². The zero-order valence-corrected chi connectivity index (χ0v) is 16.3. The Morgan fingerprint density at radius 2 is 1.86 bits per heavy atom. The third-order valence-electron chi connectivity index (χ3n) is 6.54. The van der Waals surface area contributed by atoms with Crippen LogP contribution in [0.2, 0.25) is 0 Å². The summed E-state index contributed by atoms with van der Waals surface area (Å²) in [6.07, 6.45) is 7.73. The molecule has 9 heteroatoms. The minimum atomic E-state index is -3.32. The molecule has 2 aliphatic heterocycles. The van der Waals surface area contributed by atoms with E-state index in [4.69, 9.17) is 4.52 Å². The van der Waals surface area contributed by atoms with Crippen molar-refractivity contribution in [1.29, 1.82) is 0 Å². The van der Waals surface area contributed by atoms with E-state index in [1.54, 1.807) is 29.4 Å². The van der Waals surface area contributed by atoms with Crippen LogP contribution in [-0.2, 0) is 14.6 Å². The molecular formula is C19H22N4O4S. The topological polar surface area (TPSA) is 106 Å². The summed E-state index contributed by atoms with van der Waals surface area (Å²) in [5.74, 6) is 0.661. The number of hydrogen-bond acceptors (Lipinski definition) is 7.